The highest BCUT2D eigenvalue weighted by molar-refractivity contribution is 7.92. The molecule has 3 rings (SSSR count). The van der Waals surface area contributed by atoms with E-state index in [2.05, 4.69) is 29.2 Å². The first kappa shape index (κ1) is 25.2. The van der Waals surface area contributed by atoms with Crippen LogP contribution in [-0.4, -0.2) is 26.0 Å². The van der Waals surface area contributed by atoms with Gasteiger partial charge in [-0.3, -0.25) is 14.8 Å². The molecule has 3 aromatic rings. The monoisotopic (exact) mass is 497 g/mol. The van der Waals surface area contributed by atoms with Gasteiger partial charge in [0.25, 0.3) is 15.9 Å². The Hall–Kier alpha value is -3.43. The number of nitrogens with one attached hydrogen (secondary N) is 3. The van der Waals surface area contributed by atoms with Crippen molar-refractivity contribution in [2.45, 2.75) is 25.2 Å². The summed E-state index contributed by atoms with van der Waals surface area (Å²) in [6.07, 6.45) is 0.923. The zero-order chi connectivity index (χ0) is 24.6. The van der Waals surface area contributed by atoms with Crippen LogP contribution in [0.3, 0.4) is 0 Å². The number of thiocarbonyl (C=S) groups is 1. The second-order valence-electron chi connectivity index (χ2n) is 7.96. The standard InChI is InChI=1S/C25H27N3O4S2/c1-18(2)15-16-32-22-10-6-7-19(17-22)24(29)27-25(33)26-20-11-13-23(14-12-20)34(30,31)28-21-8-4-3-5-9-21/h3-14,17-18,28H,15-16H2,1-2H3,(H2,26,27,29,33). The Morgan fingerprint density at radius 3 is 2.32 bits per heavy atom. The molecule has 3 N–H and O–H groups in total. The van der Waals surface area contributed by atoms with E-state index in [1.807, 2.05) is 0 Å². The van der Waals surface area contributed by atoms with Gasteiger partial charge in [0.2, 0.25) is 0 Å². The smallest absolute Gasteiger partial charge is 0.261 e. The molecule has 0 aromatic heterocycles. The second kappa shape index (κ2) is 11.6. The number of amides is 1. The first-order valence-corrected chi connectivity index (χ1v) is 12.7. The maximum absolute atomic E-state index is 12.6. The molecule has 7 nitrogen and oxygen atoms in total. The molecule has 0 radical (unpaired) electrons. The summed E-state index contributed by atoms with van der Waals surface area (Å²) in [5, 5.41) is 5.60. The van der Waals surface area contributed by atoms with Crippen LogP contribution in [0.25, 0.3) is 0 Å². The van der Waals surface area contributed by atoms with Crippen molar-refractivity contribution in [1.82, 2.24) is 5.32 Å². The Morgan fingerprint density at radius 1 is 0.941 bits per heavy atom. The molecule has 0 bridgehead atoms. The molecule has 0 aliphatic rings. The molecule has 0 aliphatic heterocycles. The van der Waals surface area contributed by atoms with E-state index >= 15 is 0 Å². The van der Waals surface area contributed by atoms with Gasteiger partial charge in [0, 0.05) is 16.9 Å². The molecule has 34 heavy (non-hydrogen) atoms. The quantitative estimate of drug-likeness (QED) is 0.359. The van der Waals surface area contributed by atoms with Crippen molar-refractivity contribution in [2.24, 2.45) is 5.92 Å². The Labute approximate surface area is 205 Å². The first-order chi connectivity index (χ1) is 16.2. The van der Waals surface area contributed by atoms with Gasteiger partial charge in [-0.2, -0.15) is 0 Å². The van der Waals surface area contributed by atoms with Crippen molar-refractivity contribution in [3.63, 3.8) is 0 Å². The lowest BCUT2D eigenvalue weighted by molar-refractivity contribution is 0.0977. The average molecular weight is 498 g/mol. The Bertz CT molecular complexity index is 1230. The fraction of sp³-hybridized carbons (Fsp3) is 0.200. The number of hydrogen-bond acceptors (Lipinski definition) is 5. The van der Waals surface area contributed by atoms with Crippen LogP contribution in [0.2, 0.25) is 0 Å². The number of ether oxygens (including phenoxy) is 1. The number of rotatable bonds is 9. The molecule has 0 unspecified atom stereocenters. The van der Waals surface area contributed by atoms with Crippen molar-refractivity contribution < 1.29 is 17.9 Å². The van der Waals surface area contributed by atoms with E-state index in [0.717, 1.165) is 6.42 Å². The molecule has 0 fully saturated rings. The summed E-state index contributed by atoms with van der Waals surface area (Å²) in [6.45, 7) is 4.82. The fourth-order valence-corrected chi connectivity index (χ4v) is 4.18. The molecule has 178 valence electrons. The minimum absolute atomic E-state index is 0.0918. The van der Waals surface area contributed by atoms with Crippen molar-refractivity contribution in [3.05, 3.63) is 84.4 Å². The van der Waals surface area contributed by atoms with Crippen LogP contribution in [-0.2, 0) is 10.0 Å². The number of hydrogen-bond donors (Lipinski definition) is 3. The highest BCUT2D eigenvalue weighted by Gasteiger charge is 2.14. The van der Waals surface area contributed by atoms with E-state index in [0.29, 0.717) is 35.2 Å². The summed E-state index contributed by atoms with van der Waals surface area (Å²) >= 11 is 5.23. The summed E-state index contributed by atoms with van der Waals surface area (Å²) < 4.78 is 33.3. The normalized spacial score (nSPS) is 11.0. The fourth-order valence-electron chi connectivity index (χ4n) is 2.91. The van der Waals surface area contributed by atoms with Crippen molar-refractivity contribution in [1.29, 1.82) is 0 Å². The van der Waals surface area contributed by atoms with Gasteiger partial charge in [0.15, 0.2) is 5.11 Å². The van der Waals surface area contributed by atoms with Gasteiger partial charge < -0.3 is 10.1 Å². The Morgan fingerprint density at radius 2 is 1.65 bits per heavy atom. The van der Waals surface area contributed by atoms with Gasteiger partial charge in [0.1, 0.15) is 5.75 Å². The maximum Gasteiger partial charge on any atom is 0.261 e. The van der Waals surface area contributed by atoms with Crippen molar-refractivity contribution in [3.8, 4) is 5.75 Å². The minimum atomic E-state index is -3.72. The number of anilines is 2. The summed E-state index contributed by atoms with van der Waals surface area (Å²) in [7, 11) is -3.72. The van der Waals surface area contributed by atoms with Gasteiger partial charge in [-0.15, -0.1) is 0 Å². The largest absolute Gasteiger partial charge is 0.494 e. The van der Waals surface area contributed by atoms with Gasteiger partial charge in [-0.1, -0.05) is 38.1 Å². The second-order valence-corrected chi connectivity index (χ2v) is 10.1. The lowest BCUT2D eigenvalue weighted by Crippen LogP contribution is -2.34. The lowest BCUT2D eigenvalue weighted by atomic mass is 10.1. The van der Waals surface area contributed by atoms with Crippen LogP contribution in [0.15, 0.2) is 83.8 Å². The molecule has 3 aromatic carbocycles. The zero-order valence-corrected chi connectivity index (χ0v) is 20.6. The van der Waals surface area contributed by atoms with E-state index in [1.54, 1.807) is 66.7 Å². The number of para-hydroxylation sites is 1. The number of benzene rings is 3. The highest BCUT2D eigenvalue weighted by atomic mass is 32.2. The summed E-state index contributed by atoms with van der Waals surface area (Å²) in [5.74, 6) is 0.774. The Kier molecular flexibility index (Phi) is 8.61. The van der Waals surface area contributed by atoms with E-state index in [-0.39, 0.29) is 15.9 Å². The predicted octanol–water partition coefficient (Wildman–Crippen LogP) is 5.04. The maximum atomic E-state index is 12.6. The van der Waals surface area contributed by atoms with Crippen LogP contribution in [0.5, 0.6) is 5.75 Å². The predicted molar refractivity (Wildman–Crippen MR) is 139 cm³/mol. The van der Waals surface area contributed by atoms with Crippen LogP contribution in [0.1, 0.15) is 30.6 Å². The molecule has 0 saturated carbocycles. The number of carbonyl (C=O) groups excluding carboxylic acids is 1. The number of sulfonamides is 1. The molecular formula is C25H27N3O4S2. The van der Waals surface area contributed by atoms with Gasteiger partial charge >= 0.3 is 0 Å². The van der Waals surface area contributed by atoms with E-state index in [4.69, 9.17) is 17.0 Å². The molecule has 0 heterocycles. The first-order valence-electron chi connectivity index (χ1n) is 10.8. The molecule has 1 amide bonds. The average Bonchev–Trinajstić information content (AvgIpc) is 2.79. The zero-order valence-electron chi connectivity index (χ0n) is 18.9. The molecule has 9 heteroatoms. The van der Waals surface area contributed by atoms with Gasteiger partial charge in [-0.05, 0) is 79.2 Å². The van der Waals surface area contributed by atoms with Crippen molar-refractivity contribution in [2.75, 3.05) is 16.6 Å². The minimum Gasteiger partial charge on any atom is -0.494 e. The lowest BCUT2D eigenvalue weighted by Gasteiger charge is -2.12. The summed E-state index contributed by atoms with van der Waals surface area (Å²) in [5.41, 5.74) is 1.43. The van der Waals surface area contributed by atoms with Gasteiger partial charge in [0.05, 0.1) is 11.5 Å². The Balaban J connectivity index is 1.56. The van der Waals surface area contributed by atoms with Crippen LogP contribution >= 0.6 is 12.2 Å². The molecule has 0 atom stereocenters. The van der Waals surface area contributed by atoms with Crippen LogP contribution in [0, 0.1) is 5.92 Å². The summed E-state index contributed by atoms with van der Waals surface area (Å²) in [6, 6.07) is 21.6. The molecule has 0 saturated heterocycles. The van der Waals surface area contributed by atoms with E-state index in [1.165, 1.54) is 12.1 Å². The van der Waals surface area contributed by atoms with E-state index in [9.17, 15) is 13.2 Å². The SMILES string of the molecule is CC(C)CCOc1cccc(C(=O)NC(=S)Nc2ccc(S(=O)(=O)Nc3ccccc3)cc2)c1. The topological polar surface area (TPSA) is 96.5 Å². The van der Waals surface area contributed by atoms with Gasteiger partial charge in [-0.25, -0.2) is 8.42 Å². The molecule has 0 spiro atoms. The van der Waals surface area contributed by atoms with Crippen molar-refractivity contribution >= 4 is 44.6 Å². The van der Waals surface area contributed by atoms with E-state index < -0.39 is 10.0 Å². The highest BCUT2D eigenvalue weighted by Crippen LogP contribution is 2.18. The summed E-state index contributed by atoms with van der Waals surface area (Å²) in [4.78, 5) is 12.7. The molecule has 0 aliphatic carbocycles. The third kappa shape index (κ3) is 7.57. The van der Waals surface area contributed by atoms with Crippen LogP contribution in [0.4, 0.5) is 11.4 Å². The van der Waals surface area contributed by atoms with Crippen LogP contribution < -0.4 is 20.1 Å². The molecular weight excluding hydrogens is 470 g/mol. The third-order valence-corrected chi connectivity index (χ3v) is 6.34. The third-order valence-electron chi connectivity index (χ3n) is 4.74. The number of carbonyl (C=O) groups is 1.